The van der Waals surface area contributed by atoms with E-state index in [0.29, 0.717) is 38.8 Å². The zero-order valence-corrected chi connectivity index (χ0v) is 15.8. The van der Waals surface area contributed by atoms with Gasteiger partial charge in [0.15, 0.2) is 0 Å². The standard InChI is InChI=1S/C14H25N3O4.C2HF3O2/c1-3-6-14(20-11-12(2)21-14)13(8-10-16,17(18)19)7-4-5-9-15;3-2(4,5)1(6)7/h12H,3-9,11,15H2,1-2H3;(H,6,7). The van der Waals surface area contributed by atoms with Gasteiger partial charge in [-0.15, -0.1) is 0 Å². The molecule has 3 atom stereocenters. The summed E-state index contributed by atoms with van der Waals surface area (Å²) in [6.45, 7) is 4.54. The Morgan fingerprint density at radius 1 is 1.46 bits per heavy atom. The van der Waals surface area contributed by atoms with E-state index < -0.39 is 23.5 Å². The van der Waals surface area contributed by atoms with Crippen molar-refractivity contribution in [2.24, 2.45) is 5.73 Å². The van der Waals surface area contributed by atoms with Gasteiger partial charge < -0.3 is 20.3 Å². The third kappa shape index (κ3) is 6.57. The number of aliphatic carboxylic acids is 1. The van der Waals surface area contributed by atoms with E-state index in [-0.39, 0.29) is 23.9 Å². The Balaban J connectivity index is 0.000000887. The summed E-state index contributed by atoms with van der Waals surface area (Å²) in [7, 11) is 0. The molecule has 1 heterocycles. The molecule has 0 bridgehead atoms. The molecule has 0 aromatic carbocycles. The molecule has 0 amide bonds. The lowest BCUT2D eigenvalue weighted by Crippen LogP contribution is -2.60. The average molecular weight is 413 g/mol. The molecule has 0 aromatic rings. The van der Waals surface area contributed by atoms with Gasteiger partial charge >= 0.3 is 12.1 Å². The highest BCUT2D eigenvalue weighted by Gasteiger charge is 2.65. The maximum atomic E-state index is 11.8. The van der Waals surface area contributed by atoms with E-state index in [4.69, 9.17) is 30.4 Å². The van der Waals surface area contributed by atoms with Crippen LogP contribution in [0.3, 0.4) is 0 Å². The lowest BCUT2D eigenvalue weighted by molar-refractivity contribution is -0.612. The van der Waals surface area contributed by atoms with E-state index in [1.165, 1.54) is 0 Å². The molecule has 0 aliphatic carbocycles. The summed E-state index contributed by atoms with van der Waals surface area (Å²) in [6, 6.07) is 1.96. The number of alkyl halides is 3. The fraction of sp³-hybridized carbons (Fsp3) is 0.875. The van der Waals surface area contributed by atoms with Crippen LogP contribution in [0.1, 0.15) is 52.4 Å². The summed E-state index contributed by atoms with van der Waals surface area (Å²) in [5.74, 6) is -4.07. The van der Waals surface area contributed by atoms with Gasteiger partial charge in [0.2, 0.25) is 5.79 Å². The molecule has 1 aliphatic rings. The molecular weight excluding hydrogens is 387 g/mol. The molecule has 12 heteroatoms. The fourth-order valence-corrected chi connectivity index (χ4v) is 2.98. The summed E-state index contributed by atoms with van der Waals surface area (Å²) in [5, 5.41) is 28.1. The molecule has 1 aliphatic heterocycles. The predicted octanol–water partition coefficient (Wildman–Crippen LogP) is 2.61. The number of ether oxygens (including phenoxy) is 2. The van der Waals surface area contributed by atoms with Gasteiger partial charge in [0.05, 0.1) is 18.8 Å². The van der Waals surface area contributed by atoms with E-state index in [9.17, 15) is 23.3 Å². The summed E-state index contributed by atoms with van der Waals surface area (Å²) in [5.41, 5.74) is 3.95. The molecule has 1 rings (SSSR count). The van der Waals surface area contributed by atoms with Crippen molar-refractivity contribution in [3.63, 3.8) is 0 Å². The molecule has 0 aromatic heterocycles. The Labute approximate surface area is 160 Å². The minimum Gasteiger partial charge on any atom is -0.475 e. The second-order valence-electron chi connectivity index (χ2n) is 6.41. The first-order valence-corrected chi connectivity index (χ1v) is 8.75. The number of nitrogens with two attached hydrogens (primary N) is 1. The van der Waals surface area contributed by atoms with Gasteiger partial charge in [-0.2, -0.15) is 18.4 Å². The number of rotatable bonds is 9. The zero-order valence-electron chi connectivity index (χ0n) is 15.8. The van der Waals surface area contributed by atoms with Crippen molar-refractivity contribution >= 4 is 5.97 Å². The van der Waals surface area contributed by atoms with Gasteiger partial charge in [-0.3, -0.25) is 10.1 Å². The second-order valence-corrected chi connectivity index (χ2v) is 6.41. The van der Waals surface area contributed by atoms with Crippen molar-refractivity contribution in [2.45, 2.75) is 76.0 Å². The molecular formula is C16H26F3N3O6. The number of carbonyl (C=O) groups is 1. The van der Waals surface area contributed by atoms with Gasteiger partial charge in [0, 0.05) is 17.8 Å². The lowest BCUT2D eigenvalue weighted by atomic mass is 9.79. The van der Waals surface area contributed by atoms with E-state index in [1.807, 2.05) is 19.9 Å². The summed E-state index contributed by atoms with van der Waals surface area (Å²) >= 11 is 0. The minimum absolute atomic E-state index is 0.205. The molecule has 1 saturated heterocycles. The van der Waals surface area contributed by atoms with Crippen LogP contribution in [0.4, 0.5) is 13.2 Å². The predicted molar refractivity (Wildman–Crippen MR) is 90.7 cm³/mol. The normalized spacial score (nSPS) is 23.8. The van der Waals surface area contributed by atoms with Crippen LogP contribution in [0.5, 0.6) is 0 Å². The lowest BCUT2D eigenvalue weighted by Gasteiger charge is -2.38. The van der Waals surface area contributed by atoms with Crippen LogP contribution in [0.2, 0.25) is 0 Å². The molecule has 9 nitrogen and oxygen atoms in total. The number of nitrogens with zero attached hydrogens (tertiary/aromatic N) is 2. The van der Waals surface area contributed by atoms with Gasteiger partial charge in [-0.1, -0.05) is 13.3 Å². The van der Waals surface area contributed by atoms with E-state index in [2.05, 4.69) is 0 Å². The molecule has 162 valence electrons. The molecule has 0 saturated carbocycles. The Bertz CT molecular complexity index is 565. The molecule has 28 heavy (non-hydrogen) atoms. The van der Waals surface area contributed by atoms with Crippen LogP contribution in [0, 0.1) is 21.4 Å². The number of carboxylic acids is 1. The number of hydrogen-bond acceptors (Lipinski definition) is 7. The molecule has 1 fully saturated rings. The smallest absolute Gasteiger partial charge is 0.475 e. The van der Waals surface area contributed by atoms with Crippen LogP contribution in [0.25, 0.3) is 0 Å². The van der Waals surface area contributed by atoms with Crippen molar-refractivity contribution in [2.75, 3.05) is 13.2 Å². The van der Waals surface area contributed by atoms with Crippen LogP contribution < -0.4 is 5.73 Å². The first-order valence-electron chi connectivity index (χ1n) is 8.75. The van der Waals surface area contributed by atoms with E-state index >= 15 is 0 Å². The van der Waals surface area contributed by atoms with Crippen LogP contribution in [-0.2, 0) is 14.3 Å². The first-order chi connectivity index (χ1) is 12.9. The Hall–Kier alpha value is -1.97. The number of halogens is 3. The molecule has 3 unspecified atom stereocenters. The first kappa shape index (κ1) is 26.0. The average Bonchev–Trinajstić information content (AvgIpc) is 2.96. The highest BCUT2D eigenvalue weighted by Crippen LogP contribution is 2.44. The van der Waals surface area contributed by atoms with Gasteiger partial charge in [0.25, 0.3) is 5.54 Å². The topological polar surface area (TPSA) is 149 Å². The maximum Gasteiger partial charge on any atom is 0.490 e. The Morgan fingerprint density at radius 3 is 2.36 bits per heavy atom. The maximum absolute atomic E-state index is 11.8. The van der Waals surface area contributed by atoms with Crippen molar-refractivity contribution in [1.29, 1.82) is 5.26 Å². The van der Waals surface area contributed by atoms with Crippen LogP contribution in [0.15, 0.2) is 0 Å². The second kappa shape index (κ2) is 11.1. The summed E-state index contributed by atoms with van der Waals surface area (Å²) < 4.78 is 43.3. The third-order valence-corrected chi connectivity index (χ3v) is 4.24. The number of carboxylic acid groups (broad SMARTS) is 1. The SMILES string of the molecule is CCCC1(C(CC#N)(CCCCN)[N+](=O)[O-])OCC(C)O1.O=C(O)C(F)(F)F. The number of nitro groups is 1. The van der Waals surface area contributed by atoms with Crippen LogP contribution >= 0.6 is 0 Å². The largest absolute Gasteiger partial charge is 0.490 e. The van der Waals surface area contributed by atoms with Crippen molar-refractivity contribution in [3.05, 3.63) is 10.1 Å². The fourth-order valence-electron chi connectivity index (χ4n) is 2.98. The summed E-state index contributed by atoms with van der Waals surface area (Å²) in [6.07, 6.45) is -2.93. The van der Waals surface area contributed by atoms with Gasteiger partial charge in [0.1, 0.15) is 6.42 Å². The van der Waals surface area contributed by atoms with Gasteiger partial charge in [-0.05, 0) is 26.3 Å². The highest BCUT2D eigenvalue weighted by molar-refractivity contribution is 5.73. The Morgan fingerprint density at radius 2 is 2.04 bits per heavy atom. The Kier molecular flexibility index (Phi) is 10.4. The zero-order chi connectivity index (χ0) is 22.0. The van der Waals surface area contributed by atoms with Crippen molar-refractivity contribution in [1.82, 2.24) is 0 Å². The quantitative estimate of drug-likeness (QED) is 0.333. The molecule has 3 N–H and O–H groups in total. The van der Waals surface area contributed by atoms with E-state index in [1.54, 1.807) is 0 Å². The summed E-state index contributed by atoms with van der Waals surface area (Å²) in [4.78, 5) is 20.4. The number of unbranched alkanes of at least 4 members (excludes halogenated alkanes) is 1. The minimum atomic E-state index is -5.08. The highest BCUT2D eigenvalue weighted by atomic mass is 19.4. The van der Waals surface area contributed by atoms with Crippen molar-refractivity contribution < 1.29 is 37.5 Å². The van der Waals surface area contributed by atoms with Crippen LogP contribution in [-0.4, -0.2) is 52.8 Å². The van der Waals surface area contributed by atoms with Gasteiger partial charge in [-0.25, -0.2) is 4.79 Å². The number of hydrogen-bond donors (Lipinski definition) is 2. The monoisotopic (exact) mass is 413 g/mol. The third-order valence-electron chi connectivity index (χ3n) is 4.24. The molecule has 0 radical (unpaired) electrons. The molecule has 0 spiro atoms. The number of nitriles is 1. The van der Waals surface area contributed by atoms with E-state index in [0.717, 1.165) is 0 Å². The van der Waals surface area contributed by atoms with Crippen molar-refractivity contribution in [3.8, 4) is 6.07 Å².